The number of aryl methyl sites for hydroxylation is 2. The Morgan fingerprint density at radius 2 is 1.94 bits per heavy atom. The lowest BCUT2D eigenvalue weighted by atomic mass is 9.89. The predicted molar refractivity (Wildman–Crippen MR) is 76.9 cm³/mol. The Labute approximate surface area is 108 Å². The van der Waals surface area contributed by atoms with Gasteiger partial charge in [0.25, 0.3) is 0 Å². The van der Waals surface area contributed by atoms with Gasteiger partial charge in [0.05, 0.1) is 5.52 Å². The van der Waals surface area contributed by atoms with E-state index in [4.69, 9.17) is 5.73 Å². The van der Waals surface area contributed by atoms with E-state index in [0.717, 1.165) is 11.9 Å². The molecule has 0 radical (unpaired) electrons. The van der Waals surface area contributed by atoms with Crippen molar-refractivity contribution in [2.45, 2.75) is 45.4 Å². The van der Waals surface area contributed by atoms with E-state index in [1.54, 1.807) is 0 Å². The molecule has 0 aliphatic heterocycles. The number of fused-ring (bicyclic) bond motifs is 3. The number of nitrogen functional groups attached to an aromatic ring is 1. The molecule has 18 heavy (non-hydrogen) atoms. The number of benzene rings is 1. The van der Waals surface area contributed by atoms with Crippen LogP contribution in [0.1, 0.15) is 49.3 Å². The normalized spacial score (nSPS) is 15.1. The molecule has 94 valence electrons. The van der Waals surface area contributed by atoms with Crippen LogP contribution >= 0.6 is 0 Å². The van der Waals surface area contributed by atoms with Gasteiger partial charge in [0.15, 0.2) is 0 Å². The fourth-order valence-corrected chi connectivity index (χ4v) is 2.96. The first kappa shape index (κ1) is 11.5. The lowest BCUT2D eigenvalue weighted by Gasteiger charge is -2.18. The van der Waals surface area contributed by atoms with Gasteiger partial charge >= 0.3 is 0 Å². The van der Waals surface area contributed by atoms with E-state index in [0.29, 0.717) is 11.7 Å². The molecule has 0 atom stereocenters. The number of nitrogens with zero attached hydrogens (tertiary/aromatic N) is 1. The minimum atomic E-state index is 0.429. The Morgan fingerprint density at radius 1 is 1.17 bits per heavy atom. The van der Waals surface area contributed by atoms with E-state index >= 15 is 0 Å². The largest absolute Gasteiger partial charge is 0.383 e. The Balaban J connectivity index is 2.26. The van der Waals surface area contributed by atoms with Crippen molar-refractivity contribution >= 4 is 16.7 Å². The smallest absolute Gasteiger partial charge is 0.127 e. The lowest BCUT2D eigenvalue weighted by molar-refractivity contribution is 0.689. The van der Waals surface area contributed by atoms with Crippen LogP contribution in [-0.4, -0.2) is 4.98 Å². The highest BCUT2D eigenvalue weighted by Crippen LogP contribution is 2.31. The van der Waals surface area contributed by atoms with Crippen molar-refractivity contribution in [1.29, 1.82) is 0 Å². The first-order valence-corrected chi connectivity index (χ1v) is 6.87. The second-order valence-corrected chi connectivity index (χ2v) is 5.60. The number of rotatable bonds is 1. The van der Waals surface area contributed by atoms with Crippen molar-refractivity contribution in [1.82, 2.24) is 4.98 Å². The summed E-state index contributed by atoms with van der Waals surface area (Å²) in [5.41, 5.74) is 11.3. The van der Waals surface area contributed by atoms with Gasteiger partial charge in [-0.2, -0.15) is 0 Å². The van der Waals surface area contributed by atoms with E-state index in [1.165, 1.54) is 41.3 Å². The number of pyridine rings is 1. The average Bonchev–Trinajstić information content (AvgIpc) is 2.37. The van der Waals surface area contributed by atoms with Gasteiger partial charge in [-0.1, -0.05) is 26.0 Å². The second-order valence-electron chi connectivity index (χ2n) is 5.60. The summed E-state index contributed by atoms with van der Waals surface area (Å²) in [4.78, 5) is 4.69. The van der Waals surface area contributed by atoms with Crippen molar-refractivity contribution in [3.05, 3.63) is 34.9 Å². The molecule has 1 aromatic heterocycles. The number of aromatic nitrogens is 1. The Bertz CT molecular complexity index is 600. The summed E-state index contributed by atoms with van der Waals surface area (Å²) in [6, 6.07) is 6.70. The first-order valence-electron chi connectivity index (χ1n) is 6.87. The molecule has 0 unspecified atom stereocenters. The second kappa shape index (κ2) is 4.27. The highest BCUT2D eigenvalue weighted by Gasteiger charge is 2.15. The van der Waals surface area contributed by atoms with Crippen LogP contribution in [-0.2, 0) is 12.8 Å². The fourth-order valence-electron chi connectivity index (χ4n) is 2.96. The molecule has 1 aromatic carbocycles. The molecule has 0 saturated heterocycles. The van der Waals surface area contributed by atoms with Gasteiger partial charge in [0.1, 0.15) is 5.82 Å². The fraction of sp³-hybridized carbons (Fsp3) is 0.438. The van der Waals surface area contributed by atoms with E-state index in [2.05, 4.69) is 37.0 Å². The zero-order valence-corrected chi connectivity index (χ0v) is 11.2. The van der Waals surface area contributed by atoms with Crippen LogP contribution in [0.25, 0.3) is 10.9 Å². The molecule has 1 heterocycles. The number of nitrogens with two attached hydrogens (primary N) is 1. The van der Waals surface area contributed by atoms with Crippen LogP contribution in [0.3, 0.4) is 0 Å². The molecule has 0 fully saturated rings. The molecule has 0 amide bonds. The SMILES string of the molecule is CC(C)c1cc2ccc3c(c2nc1N)CCCC3. The van der Waals surface area contributed by atoms with E-state index in [9.17, 15) is 0 Å². The number of anilines is 1. The van der Waals surface area contributed by atoms with Crippen LogP contribution in [0, 0.1) is 0 Å². The maximum absolute atomic E-state index is 6.11. The van der Waals surface area contributed by atoms with Gasteiger partial charge in [-0.05, 0) is 54.4 Å². The molecular weight excluding hydrogens is 220 g/mol. The summed E-state index contributed by atoms with van der Waals surface area (Å²) in [5, 5.41) is 1.24. The third-order valence-corrected chi connectivity index (χ3v) is 3.99. The highest BCUT2D eigenvalue weighted by atomic mass is 14.8. The van der Waals surface area contributed by atoms with Crippen molar-refractivity contribution in [2.75, 3.05) is 5.73 Å². The lowest BCUT2D eigenvalue weighted by Crippen LogP contribution is -2.06. The van der Waals surface area contributed by atoms with Crippen molar-refractivity contribution < 1.29 is 0 Å². The van der Waals surface area contributed by atoms with Gasteiger partial charge in [0, 0.05) is 5.39 Å². The maximum atomic E-state index is 6.11. The number of hydrogen-bond acceptors (Lipinski definition) is 2. The first-order chi connectivity index (χ1) is 8.66. The maximum Gasteiger partial charge on any atom is 0.127 e. The van der Waals surface area contributed by atoms with Crippen LogP contribution in [0.2, 0.25) is 0 Å². The van der Waals surface area contributed by atoms with Crippen LogP contribution in [0.15, 0.2) is 18.2 Å². The molecule has 1 aliphatic rings. The molecule has 1 aliphatic carbocycles. The third kappa shape index (κ3) is 1.76. The summed E-state index contributed by atoms with van der Waals surface area (Å²) in [7, 11) is 0. The summed E-state index contributed by atoms with van der Waals surface area (Å²) in [6.07, 6.45) is 4.93. The predicted octanol–water partition coefficient (Wildman–Crippen LogP) is 3.82. The minimum Gasteiger partial charge on any atom is -0.383 e. The topological polar surface area (TPSA) is 38.9 Å². The van der Waals surface area contributed by atoms with Crippen molar-refractivity contribution in [2.24, 2.45) is 0 Å². The molecule has 3 rings (SSSR count). The van der Waals surface area contributed by atoms with Crippen molar-refractivity contribution in [3.63, 3.8) is 0 Å². The average molecular weight is 240 g/mol. The van der Waals surface area contributed by atoms with E-state index in [-0.39, 0.29) is 0 Å². The molecule has 0 spiro atoms. The van der Waals surface area contributed by atoms with Gasteiger partial charge in [-0.15, -0.1) is 0 Å². The minimum absolute atomic E-state index is 0.429. The third-order valence-electron chi connectivity index (χ3n) is 3.99. The molecule has 2 N–H and O–H groups in total. The molecule has 0 bridgehead atoms. The summed E-state index contributed by atoms with van der Waals surface area (Å²) < 4.78 is 0. The van der Waals surface area contributed by atoms with Crippen molar-refractivity contribution in [3.8, 4) is 0 Å². The van der Waals surface area contributed by atoms with Gasteiger partial charge in [0.2, 0.25) is 0 Å². The Kier molecular flexibility index (Phi) is 2.73. The number of hydrogen-bond donors (Lipinski definition) is 1. The highest BCUT2D eigenvalue weighted by molar-refractivity contribution is 5.85. The van der Waals surface area contributed by atoms with Gasteiger partial charge in [-0.25, -0.2) is 4.98 Å². The zero-order valence-electron chi connectivity index (χ0n) is 11.2. The summed E-state index contributed by atoms with van der Waals surface area (Å²) in [6.45, 7) is 4.33. The van der Waals surface area contributed by atoms with Gasteiger partial charge in [-0.3, -0.25) is 0 Å². The van der Waals surface area contributed by atoms with Crippen LogP contribution in [0.4, 0.5) is 5.82 Å². The zero-order chi connectivity index (χ0) is 12.7. The van der Waals surface area contributed by atoms with E-state index < -0.39 is 0 Å². The molecule has 2 aromatic rings. The molecule has 0 saturated carbocycles. The molecule has 2 heteroatoms. The van der Waals surface area contributed by atoms with Crippen LogP contribution in [0.5, 0.6) is 0 Å². The van der Waals surface area contributed by atoms with E-state index in [1.807, 2.05) is 0 Å². The Morgan fingerprint density at radius 3 is 2.72 bits per heavy atom. The quantitative estimate of drug-likeness (QED) is 0.823. The van der Waals surface area contributed by atoms with Crippen LogP contribution < -0.4 is 5.73 Å². The standard InChI is InChI=1S/C16H20N2/c1-10(2)14-9-12-8-7-11-5-3-4-6-13(11)15(12)18-16(14)17/h7-10H,3-6H2,1-2H3,(H2,17,18). The molecule has 2 nitrogen and oxygen atoms in total. The summed E-state index contributed by atoms with van der Waals surface area (Å²) >= 11 is 0. The van der Waals surface area contributed by atoms with Gasteiger partial charge < -0.3 is 5.73 Å². The Hall–Kier alpha value is -1.57. The summed E-state index contributed by atoms with van der Waals surface area (Å²) in [5.74, 6) is 1.13. The molecular formula is C16H20N2. The monoisotopic (exact) mass is 240 g/mol.